The van der Waals surface area contributed by atoms with Crippen molar-refractivity contribution in [3.05, 3.63) is 29.3 Å². The third kappa shape index (κ3) is 3.44. The molecule has 1 aromatic carbocycles. The predicted molar refractivity (Wildman–Crippen MR) is 57.5 cm³/mol. The molecule has 0 bridgehead atoms. The van der Waals surface area contributed by atoms with Crippen molar-refractivity contribution in [3.8, 4) is 0 Å². The standard InChI is InChI=1S/C9H11ClFNO2S/c10-7-1-3-9(4-2-7)15(13,14)6-8(11)5-12/h1-4,8H,5-6,12H2. The first-order valence-corrected chi connectivity index (χ1v) is 6.31. The smallest absolute Gasteiger partial charge is 0.181 e. The molecule has 0 heterocycles. The van der Waals surface area contributed by atoms with E-state index in [1.165, 1.54) is 24.3 Å². The Morgan fingerprint density at radius 3 is 2.33 bits per heavy atom. The summed E-state index contributed by atoms with van der Waals surface area (Å²) in [4.78, 5) is 0.0583. The quantitative estimate of drug-likeness (QED) is 0.880. The minimum atomic E-state index is -3.60. The Bertz CT molecular complexity index is 418. The lowest BCUT2D eigenvalue weighted by molar-refractivity contribution is 0.370. The topological polar surface area (TPSA) is 60.2 Å². The fraction of sp³-hybridized carbons (Fsp3) is 0.333. The van der Waals surface area contributed by atoms with Gasteiger partial charge in [0.2, 0.25) is 0 Å². The van der Waals surface area contributed by atoms with Crippen molar-refractivity contribution in [2.24, 2.45) is 5.73 Å². The number of hydrogen-bond donors (Lipinski definition) is 1. The second-order valence-corrected chi connectivity index (χ2v) is 5.54. The number of nitrogens with two attached hydrogens (primary N) is 1. The maximum Gasteiger partial charge on any atom is 0.181 e. The van der Waals surface area contributed by atoms with Gasteiger partial charge in [-0.2, -0.15) is 0 Å². The number of halogens is 2. The summed E-state index contributed by atoms with van der Waals surface area (Å²) in [5.74, 6) is -0.592. The van der Waals surface area contributed by atoms with Gasteiger partial charge in [0.1, 0.15) is 6.17 Å². The molecule has 1 rings (SSSR count). The van der Waals surface area contributed by atoms with Gasteiger partial charge < -0.3 is 5.73 Å². The molecule has 2 N–H and O–H groups in total. The van der Waals surface area contributed by atoms with Crippen LogP contribution < -0.4 is 5.73 Å². The van der Waals surface area contributed by atoms with Crippen LogP contribution in [-0.4, -0.2) is 26.9 Å². The number of rotatable bonds is 4. The SMILES string of the molecule is NCC(F)CS(=O)(=O)c1ccc(Cl)cc1. The van der Waals surface area contributed by atoms with Crippen molar-refractivity contribution in [1.29, 1.82) is 0 Å². The van der Waals surface area contributed by atoms with Crippen LogP contribution in [0.2, 0.25) is 5.02 Å². The molecule has 0 aliphatic carbocycles. The second kappa shape index (κ2) is 4.92. The third-order valence-electron chi connectivity index (χ3n) is 1.83. The molecule has 0 saturated carbocycles. The summed E-state index contributed by atoms with van der Waals surface area (Å²) < 4.78 is 36.0. The van der Waals surface area contributed by atoms with Crippen molar-refractivity contribution in [2.75, 3.05) is 12.3 Å². The van der Waals surface area contributed by atoms with Crippen LogP contribution in [0.3, 0.4) is 0 Å². The van der Waals surface area contributed by atoms with E-state index in [4.69, 9.17) is 17.3 Å². The zero-order chi connectivity index (χ0) is 11.5. The second-order valence-electron chi connectivity index (χ2n) is 3.07. The van der Waals surface area contributed by atoms with E-state index < -0.39 is 21.8 Å². The van der Waals surface area contributed by atoms with Gasteiger partial charge in [-0.3, -0.25) is 0 Å². The van der Waals surface area contributed by atoms with E-state index >= 15 is 0 Å². The van der Waals surface area contributed by atoms with Gasteiger partial charge in [-0.25, -0.2) is 12.8 Å². The van der Waals surface area contributed by atoms with E-state index in [0.29, 0.717) is 5.02 Å². The zero-order valence-electron chi connectivity index (χ0n) is 7.86. The molecule has 0 saturated heterocycles. The highest BCUT2D eigenvalue weighted by molar-refractivity contribution is 7.91. The highest BCUT2D eigenvalue weighted by atomic mass is 35.5. The highest BCUT2D eigenvalue weighted by Gasteiger charge is 2.19. The maximum atomic E-state index is 12.9. The van der Waals surface area contributed by atoms with Gasteiger partial charge in [0, 0.05) is 11.6 Å². The summed E-state index contributed by atoms with van der Waals surface area (Å²) in [6, 6.07) is 5.59. The summed E-state index contributed by atoms with van der Waals surface area (Å²) in [5.41, 5.74) is 5.02. The van der Waals surface area contributed by atoms with Gasteiger partial charge in [0.05, 0.1) is 10.6 Å². The Balaban J connectivity index is 2.91. The van der Waals surface area contributed by atoms with Crippen molar-refractivity contribution in [1.82, 2.24) is 0 Å². The molecule has 0 aliphatic rings. The molecule has 0 amide bonds. The first kappa shape index (κ1) is 12.4. The number of benzene rings is 1. The molecular formula is C9H11ClFNO2S. The van der Waals surface area contributed by atoms with Crippen molar-refractivity contribution in [2.45, 2.75) is 11.1 Å². The minimum absolute atomic E-state index is 0.0583. The lowest BCUT2D eigenvalue weighted by Crippen LogP contribution is -2.24. The molecule has 0 spiro atoms. The summed E-state index contributed by atoms with van der Waals surface area (Å²) in [6.07, 6.45) is -1.54. The molecule has 0 fully saturated rings. The monoisotopic (exact) mass is 251 g/mol. The van der Waals surface area contributed by atoms with Crippen LogP contribution in [0.5, 0.6) is 0 Å². The molecule has 1 unspecified atom stereocenters. The Labute approximate surface area is 93.0 Å². The van der Waals surface area contributed by atoms with Crippen LogP contribution in [0.1, 0.15) is 0 Å². The van der Waals surface area contributed by atoms with Gasteiger partial charge >= 0.3 is 0 Å². The lowest BCUT2D eigenvalue weighted by Gasteiger charge is -2.06. The molecule has 0 aliphatic heterocycles. The van der Waals surface area contributed by atoms with Crippen LogP contribution in [0.4, 0.5) is 4.39 Å². The average molecular weight is 252 g/mol. The Kier molecular flexibility index (Phi) is 4.07. The highest BCUT2D eigenvalue weighted by Crippen LogP contribution is 2.16. The fourth-order valence-corrected chi connectivity index (χ4v) is 2.53. The van der Waals surface area contributed by atoms with Gasteiger partial charge in [-0.05, 0) is 24.3 Å². The van der Waals surface area contributed by atoms with Crippen LogP contribution in [0.25, 0.3) is 0 Å². The van der Waals surface area contributed by atoms with Crippen LogP contribution >= 0.6 is 11.6 Å². The van der Waals surface area contributed by atoms with Crippen molar-refractivity contribution in [3.63, 3.8) is 0 Å². The predicted octanol–water partition coefficient (Wildman–Crippen LogP) is 1.41. The number of hydrogen-bond acceptors (Lipinski definition) is 3. The normalized spacial score (nSPS) is 13.8. The molecule has 1 aromatic rings. The van der Waals surface area contributed by atoms with Crippen LogP contribution in [0.15, 0.2) is 29.2 Å². The fourth-order valence-electron chi connectivity index (χ4n) is 1.04. The van der Waals surface area contributed by atoms with Crippen LogP contribution in [-0.2, 0) is 9.84 Å². The van der Waals surface area contributed by atoms with E-state index in [2.05, 4.69) is 0 Å². The molecular weight excluding hydrogens is 241 g/mol. The first-order chi connectivity index (χ1) is 6.95. The summed E-state index contributed by atoms with van der Waals surface area (Å²) in [7, 11) is -3.60. The van der Waals surface area contributed by atoms with E-state index in [0.717, 1.165) is 0 Å². The van der Waals surface area contributed by atoms with Crippen molar-refractivity contribution < 1.29 is 12.8 Å². The molecule has 15 heavy (non-hydrogen) atoms. The summed E-state index contributed by atoms with van der Waals surface area (Å²) in [6.45, 7) is -0.299. The van der Waals surface area contributed by atoms with E-state index in [-0.39, 0.29) is 11.4 Å². The minimum Gasteiger partial charge on any atom is -0.328 e. The molecule has 6 heteroatoms. The van der Waals surface area contributed by atoms with Gasteiger partial charge in [0.15, 0.2) is 9.84 Å². The average Bonchev–Trinajstić information content (AvgIpc) is 2.17. The van der Waals surface area contributed by atoms with Gasteiger partial charge in [-0.1, -0.05) is 11.6 Å². The third-order valence-corrected chi connectivity index (χ3v) is 3.87. The molecule has 3 nitrogen and oxygen atoms in total. The van der Waals surface area contributed by atoms with E-state index in [1.807, 2.05) is 0 Å². The van der Waals surface area contributed by atoms with Gasteiger partial charge in [0.25, 0.3) is 0 Å². The summed E-state index contributed by atoms with van der Waals surface area (Å²) >= 11 is 5.61. The Morgan fingerprint density at radius 1 is 1.33 bits per heavy atom. The maximum absolute atomic E-state index is 12.9. The first-order valence-electron chi connectivity index (χ1n) is 4.28. The van der Waals surface area contributed by atoms with Crippen LogP contribution in [0, 0.1) is 0 Å². The van der Waals surface area contributed by atoms with E-state index in [1.54, 1.807) is 0 Å². The van der Waals surface area contributed by atoms with E-state index in [9.17, 15) is 12.8 Å². The largest absolute Gasteiger partial charge is 0.328 e. The zero-order valence-corrected chi connectivity index (χ0v) is 9.43. The molecule has 84 valence electrons. The Hall–Kier alpha value is -0.650. The molecule has 1 atom stereocenters. The Morgan fingerprint density at radius 2 is 1.87 bits per heavy atom. The lowest BCUT2D eigenvalue weighted by atomic mass is 10.4. The van der Waals surface area contributed by atoms with Crippen molar-refractivity contribution >= 4 is 21.4 Å². The number of alkyl halides is 1. The molecule has 0 radical (unpaired) electrons. The number of sulfone groups is 1. The summed E-state index contributed by atoms with van der Waals surface area (Å²) in [5, 5.41) is 0.435. The van der Waals surface area contributed by atoms with Gasteiger partial charge in [-0.15, -0.1) is 0 Å². The molecule has 0 aromatic heterocycles.